The normalized spacial score (nSPS) is 18.5. The van der Waals surface area contributed by atoms with Crippen molar-refractivity contribution < 1.29 is 5.11 Å². The second kappa shape index (κ2) is 6.63. The van der Waals surface area contributed by atoms with Crippen LogP contribution in [0.5, 0.6) is 0 Å². The molecule has 2 aromatic carbocycles. The Bertz CT molecular complexity index is 858. The summed E-state index contributed by atoms with van der Waals surface area (Å²) < 4.78 is 0. The number of hydrogen-bond acceptors (Lipinski definition) is 4. The third-order valence-corrected chi connectivity index (χ3v) is 5.90. The Morgan fingerprint density at radius 1 is 1.25 bits per heavy atom. The maximum absolute atomic E-state index is 10.6. The topological polar surface area (TPSA) is 45.2 Å². The summed E-state index contributed by atoms with van der Waals surface area (Å²) in [5, 5.41) is 17.7. The minimum absolute atomic E-state index is 0.329. The molecular formula is C20H22N2OS. The van der Waals surface area contributed by atoms with Gasteiger partial charge >= 0.3 is 0 Å². The molecule has 1 aromatic heterocycles. The molecule has 24 heavy (non-hydrogen) atoms. The van der Waals surface area contributed by atoms with Crippen LogP contribution >= 0.6 is 11.3 Å². The average molecular weight is 338 g/mol. The van der Waals surface area contributed by atoms with Crippen molar-refractivity contribution in [3.63, 3.8) is 0 Å². The molecular weight excluding hydrogens is 316 g/mol. The van der Waals surface area contributed by atoms with Crippen molar-refractivity contribution >= 4 is 22.1 Å². The van der Waals surface area contributed by atoms with Gasteiger partial charge in [0, 0.05) is 17.5 Å². The van der Waals surface area contributed by atoms with Gasteiger partial charge in [-0.05, 0) is 48.6 Å². The number of nitrogens with zero attached hydrogens (tertiary/aromatic N) is 1. The SMILES string of the molecule is Cc1nc2c(s1)C(NCC(O)c1ccc3ccccc3c1)CCC2. The number of hydrogen-bond donors (Lipinski definition) is 2. The molecule has 2 N–H and O–H groups in total. The minimum Gasteiger partial charge on any atom is -0.387 e. The molecule has 0 aliphatic heterocycles. The molecule has 0 fully saturated rings. The fraction of sp³-hybridized carbons (Fsp3) is 0.350. The van der Waals surface area contributed by atoms with E-state index in [1.807, 2.05) is 18.2 Å². The molecule has 1 aliphatic carbocycles. The lowest BCUT2D eigenvalue weighted by Crippen LogP contribution is -2.28. The maximum atomic E-state index is 10.6. The first kappa shape index (κ1) is 15.8. The van der Waals surface area contributed by atoms with Gasteiger partial charge in [-0.15, -0.1) is 11.3 Å². The van der Waals surface area contributed by atoms with Crippen LogP contribution in [0.25, 0.3) is 10.8 Å². The molecule has 2 atom stereocenters. The van der Waals surface area contributed by atoms with Crippen molar-refractivity contribution in [2.45, 2.75) is 38.3 Å². The summed E-state index contributed by atoms with van der Waals surface area (Å²) in [5.74, 6) is 0. The van der Waals surface area contributed by atoms with Crippen LogP contribution in [0.3, 0.4) is 0 Å². The van der Waals surface area contributed by atoms with Crippen molar-refractivity contribution in [2.75, 3.05) is 6.54 Å². The van der Waals surface area contributed by atoms with Crippen LogP contribution in [-0.2, 0) is 6.42 Å². The standard InChI is InChI=1S/C20H22N2OS/c1-13-22-18-8-4-7-17(20(18)24-13)21-12-19(23)16-10-9-14-5-2-3-6-15(14)11-16/h2-3,5-6,9-11,17,19,21,23H,4,7-8,12H2,1H3. The van der Waals surface area contributed by atoms with Crippen molar-refractivity contribution in [1.82, 2.24) is 10.3 Å². The third-order valence-electron chi connectivity index (χ3n) is 4.77. The Morgan fingerprint density at radius 3 is 2.96 bits per heavy atom. The highest BCUT2D eigenvalue weighted by atomic mass is 32.1. The number of aliphatic hydroxyl groups excluding tert-OH is 1. The van der Waals surface area contributed by atoms with E-state index in [0.29, 0.717) is 12.6 Å². The third kappa shape index (κ3) is 3.09. The number of thiazole rings is 1. The van der Waals surface area contributed by atoms with E-state index in [-0.39, 0.29) is 0 Å². The highest BCUT2D eigenvalue weighted by Crippen LogP contribution is 2.34. The summed E-state index contributed by atoms with van der Waals surface area (Å²) in [5.41, 5.74) is 2.22. The first-order valence-electron chi connectivity index (χ1n) is 8.57. The zero-order valence-electron chi connectivity index (χ0n) is 13.8. The molecule has 4 rings (SSSR count). The van der Waals surface area contributed by atoms with Gasteiger partial charge in [-0.3, -0.25) is 0 Å². The Labute approximate surface area is 146 Å². The van der Waals surface area contributed by atoms with Gasteiger partial charge in [0.2, 0.25) is 0 Å². The molecule has 0 amide bonds. The van der Waals surface area contributed by atoms with Gasteiger partial charge in [-0.2, -0.15) is 0 Å². The number of benzene rings is 2. The van der Waals surface area contributed by atoms with Gasteiger partial charge < -0.3 is 10.4 Å². The van der Waals surface area contributed by atoms with Crippen molar-refractivity contribution in [3.05, 3.63) is 63.6 Å². The predicted octanol–water partition coefficient (Wildman–Crippen LogP) is 4.31. The summed E-state index contributed by atoms with van der Waals surface area (Å²) in [6, 6.07) is 14.8. The van der Waals surface area contributed by atoms with E-state index in [1.54, 1.807) is 11.3 Å². The van der Waals surface area contributed by atoms with Gasteiger partial charge in [-0.1, -0.05) is 36.4 Å². The summed E-state index contributed by atoms with van der Waals surface area (Å²) in [4.78, 5) is 6.00. The van der Waals surface area contributed by atoms with Gasteiger partial charge in [0.15, 0.2) is 0 Å². The molecule has 0 saturated heterocycles. The molecule has 0 bridgehead atoms. The molecule has 3 nitrogen and oxygen atoms in total. The summed E-state index contributed by atoms with van der Waals surface area (Å²) >= 11 is 1.79. The van der Waals surface area contributed by atoms with Gasteiger partial charge in [-0.25, -0.2) is 4.98 Å². The van der Waals surface area contributed by atoms with Crippen LogP contribution in [0.2, 0.25) is 0 Å². The zero-order chi connectivity index (χ0) is 16.5. The number of rotatable bonds is 4. The van der Waals surface area contributed by atoms with Crippen LogP contribution in [0, 0.1) is 6.92 Å². The first-order valence-corrected chi connectivity index (χ1v) is 9.39. The number of aromatic nitrogens is 1. The lowest BCUT2D eigenvalue weighted by Gasteiger charge is -2.24. The van der Waals surface area contributed by atoms with Gasteiger partial charge in [0.25, 0.3) is 0 Å². The van der Waals surface area contributed by atoms with E-state index >= 15 is 0 Å². The molecule has 1 aliphatic rings. The molecule has 1 heterocycles. The Hall–Kier alpha value is -1.75. The summed E-state index contributed by atoms with van der Waals surface area (Å²) in [6.45, 7) is 2.64. The summed E-state index contributed by atoms with van der Waals surface area (Å²) in [7, 11) is 0. The van der Waals surface area contributed by atoms with Gasteiger partial charge in [0.05, 0.1) is 16.8 Å². The average Bonchev–Trinajstić information content (AvgIpc) is 3.00. The second-order valence-corrected chi connectivity index (χ2v) is 7.75. The Kier molecular flexibility index (Phi) is 4.35. The zero-order valence-corrected chi connectivity index (χ0v) is 14.6. The molecule has 0 radical (unpaired) electrons. The van der Waals surface area contributed by atoms with E-state index in [0.717, 1.165) is 23.4 Å². The molecule has 4 heteroatoms. The number of nitrogens with one attached hydrogen (secondary N) is 1. The number of aliphatic hydroxyl groups is 1. The van der Waals surface area contributed by atoms with Crippen LogP contribution in [-0.4, -0.2) is 16.6 Å². The van der Waals surface area contributed by atoms with E-state index in [4.69, 9.17) is 0 Å². The van der Waals surface area contributed by atoms with E-state index < -0.39 is 6.10 Å². The highest BCUT2D eigenvalue weighted by molar-refractivity contribution is 7.11. The molecule has 3 aromatic rings. The van der Waals surface area contributed by atoms with Crippen LogP contribution in [0.15, 0.2) is 42.5 Å². The smallest absolute Gasteiger partial charge is 0.0914 e. The molecule has 0 spiro atoms. The highest BCUT2D eigenvalue weighted by Gasteiger charge is 2.24. The lowest BCUT2D eigenvalue weighted by molar-refractivity contribution is 0.168. The van der Waals surface area contributed by atoms with Crippen molar-refractivity contribution in [2.24, 2.45) is 0 Å². The lowest BCUT2D eigenvalue weighted by atomic mass is 9.97. The second-order valence-electron chi connectivity index (χ2n) is 6.52. The fourth-order valence-corrected chi connectivity index (χ4v) is 4.61. The van der Waals surface area contributed by atoms with Crippen LogP contribution < -0.4 is 5.32 Å². The molecule has 2 unspecified atom stereocenters. The van der Waals surface area contributed by atoms with Crippen molar-refractivity contribution in [1.29, 1.82) is 0 Å². The van der Waals surface area contributed by atoms with E-state index in [1.165, 1.54) is 27.8 Å². The Morgan fingerprint density at radius 2 is 2.08 bits per heavy atom. The van der Waals surface area contributed by atoms with E-state index in [9.17, 15) is 5.11 Å². The Balaban J connectivity index is 1.47. The van der Waals surface area contributed by atoms with E-state index in [2.05, 4.69) is 41.5 Å². The van der Waals surface area contributed by atoms with Crippen molar-refractivity contribution in [3.8, 4) is 0 Å². The van der Waals surface area contributed by atoms with Gasteiger partial charge in [0.1, 0.15) is 0 Å². The van der Waals surface area contributed by atoms with Crippen LogP contribution in [0.4, 0.5) is 0 Å². The minimum atomic E-state index is -0.492. The maximum Gasteiger partial charge on any atom is 0.0914 e. The first-order chi connectivity index (χ1) is 11.7. The number of aryl methyl sites for hydroxylation is 2. The summed E-state index contributed by atoms with van der Waals surface area (Å²) in [6.07, 6.45) is 2.89. The molecule has 124 valence electrons. The largest absolute Gasteiger partial charge is 0.387 e. The quantitative estimate of drug-likeness (QED) is 0.745. The fourth-order valence-electron chi connectivity index (χ4n) is 3.52. The monoisotopic (exact) mass is 338 g/mol. The van der Waals surface area contributed by atoms with Crippen LogP contribution in [0.1, 0.15) is 46.1 Å². The number of fused-ring (bicyclic) bond motifs is 2. The predicted molar refractivity (Wildman–Crippen MR) is 99.4 cm³/mol. The molecule has 0 saturated carbocycles.